The van der Waals surface area contributed by atoms with Crippen LogP contribution in [0, 0.1) is 5.82 Å². The fraction of sp³-hybridized carbons (Fsp3) is 0.318. The van der Waals surface area contributed by atoms with Gasteiger partial charge in [-0.1, -0.05) is 24.6 Å². The lowest BCUT2D eigenvalue weighted by Crippen LogP contribution is -2.36. The Kier molecular flexibility index (Phi) is 5.21. The van der Waals surface area contributed by atoms with Crippen molar-refractivity contribution in [1.82, 2.24) is 5.32 Å². The van der Waals surface area contributed by atoms with Crippen LogP contribution in [0.5, 0.6) is 0 Å². The summed E-state index contributed by atoms with van der Waals surface area (Å²) >= 11 is 0. The molecule has 4 nitrogen and oxygen atoms in total. The van der Waals surface area contributed by atoms with E-state index in [-0.39, 0.29) is 11.7 Å². The summed E-state index contributed by atoms with van der Waals surface area (Å²) in [4.78, 5) is 14.8. The number of rotatable bonds is 3. The molecule has 2 N–H and O–H groups in total. The van der Waals surface area contributed by atoms with Gasteiger partial charge in [0, 0.05) is 23.5 Å². The van der Waals surface area contributed by atoms with E-state index in [4.69, 9.17) is 0 Å². The highest BCUT2D eigenvalue weighted by molar-refractivity contribution is 6.31. The van der Waals surface area contributed by atoms with Crippen LogP contribution in [-0.4, -0.2) is 25.0 Å². The maximum atomic E-state index is 13.5. The van der Waals surface area contributed by atoms with Gasteiger partial charge in [0.2, 0.25) is 0 Å². The van der Waals surface area contributed by atoms with Gasteiger partial charge in [0.05, 0.1) is 11.3 Å². The zero-order chi connectivity index (χ0) is 18.6. The quantitative estimate of drug-likeness (QED) is 0.803. The first-order chi connectivity index (χ1) is 13.2. The summed E-state index contributed by atoms with van der Waals surface area (Å²) in [6.45, 7) is 2.03. The number of hydrogen-bond donors (Lipinski definition) is 2. The fourth-order valence-corrected chi connectivity index (χ4v) is 3.87. The number of amides is 1. The lowest BCUT2D eigenvalue weighted by atomic mass is 10.0. The van der Waals surface area contributed by atoms with E-state index in [0.717, 1.165) is 50.0 Å². The summed E-state index contributed by atoms with van der Waals surface area (Å²) < 4.78 is 13.5. The molecule has 0 saturated carbocycles. The van der Waals surface area contributed by atoms with Crippen molar-refractivity contribution in [2.24, 2.45) is 0 Å². The molecule has 1 saturated heterocycles. The number of carbonyl (C=O) groups excluding carboxylic acids is 1. The van der Waals surface area contributed by atoms with Crippen molar-refractivity contribution in [3.8, 4) is 0 Å². The van der Waals surface area contributed by atoms with Crippen molar-refractivity contribution in [2.75, 3.05) is 23.3 Å². The second kappa shape index (κ2) is 7.92. The number of hydrogen-bond acceptors (Lipinski definition) is 3. The highest BCUT2D eigenvalue weighted by Gasteiger charge is 2.27. The molecule has 1 unspecified atom stereocenters. The molecule has 0 spiro atoms. The molecule has 1 amide bonds. The number of benzene rings is 2. The maximum absolute atomic E-state index is 13.5. The van der Waals surface area contributed by atoms with Crippen LogP contribution < -0.4 is 15.5 Å². The van der Waals surface area contributed by atoms with Crippen molar-refractivity contribution >= 4 is 22.9 Å². The van der Waals surface area contributed by atoms with Crippen molar-refractivity contribution in [3.05, 3.63) is 66.1 Å². The van der Waals surface area contributed by atoms with Crippen molar-refractivity contribution in [2.45, 2.75) is 31.7 Å². The van der Waals surface area contributed by atoms with Gasteiger partial charge >= 0.3 is 0 Å². The number of anilines is 2. The average Bonchev–Trinajstić information content (AvgIpc) is 2.95. The first kappa shape index (κ1) is 17.7. The summed E-state index contributed by atoms with van der Waals surface area (Å²) in [7, 11) is 0. The molecule has 0 aliphatic carbocycles. The van der Waals surface area contributed by atoms with Crippen LogP contribution in [0.4, 0.5) is 15.8 Å². The largest absolute Gasteiger partial charge is 0.344 e. The predicted octanol–water partition coefficient (Wildman–Crippen LogP) is 4.16. The molecule has 0 aromatic heterocycles. The van der Waals surface area contributed by atoms with E-state index < -0.39 is 0 Å². The Hall–Kier alpha value is -2.66. The highest BCUT2D eigenvalue weighted by Crippen LogP contribution is 2.34. The second-order valence-corrected chi connectivity index (χ2v) is 7.12. The minimum Gasteiger partial charge on any atom is -0.344 e. The van der Waals surface area contributed by atoms with Gasteiger partial charge in [-0.2, -0.15) is 0 Å². The minimum absolute atomic E-state index is 0.180. The molecular weight excluding hydrogens is 341 g/mol. The smallest absolute Gasteiger partial charge is 0.257 e. The summed E-state index contributed by atoms with van der Waals surface area (Å²) in [5, 5.41) is 6.26. The van der Waals surface area contributed by atoms with E-state index in [0.29, 0.717) is 17.3 Å². The molecule has 1 fully saturated rings. The van der Waals surface area contributed by atoms with Crippen LogP contribution in [0.2, 0.25) is 0 Å². The average molecular weight is 365 g/mol. The Labute approximate surface area is 159 Å². The van der Waals surface area contributed by atoms with Crippen LogP contribution in [-0.2, 0) is 4.79 Å². The van der Waals surface area contributed by atoms with Crippen LogP contribution in [0.15, 0.2) is 54.7 Å². The number of fused-ring (bicyclic) bond motifs is 1. The van der Waals surface area contributed by atoms with Crippen molar-refractivity contribution < 1.29 is 9.18 Å². The normalized spacial score (nSPS) is 21.3. The summed E-state index contributed by atoms with van der Waals surface area (Å²) in [6, 6.07) is 14.9. The number of nitrogens with zero attached hydrogens (tertiary/aromatic N) is 1. The lowest BCUT2D eigenvalue weighted by molar-refractivity contribution is -0.110. The van der Waals surface area contributed by atoms with E-state index in [9.17, 15) is 9.18 Å². The van der Waals surface area contributed by atoms with Gasteiger partial charge in [0.1, 0.15) is 5.82 Å². The molecule has 140 valence electrons. The lowest BCUT2D eigenvalue weighted by Gasteiger charge is -2.33. The third-order valence-corrected chi connectivity index (χ3v) is 5.28. The van der Waals surface area contributed by atoms with Gasteiger partial charge in [-0.05, 0) is 62.7 Å². The summed E-state index contributed by atoms with van der Waals surface area (Å²) in [5.41, 5.74) is 2.95. The molecule has 0 bridgehead atoms. The molecule has 2 aromatic rings. The molecule has 5 heteroatoms. The Balaban J connectivity index is 1.73. The monoisotopic (exact) mass is 365 g/mol. The first-order valence-corrected chi connectivity index (χ1v) is 9.59. The third-order valence-electron chi connectivity index (χ3n) is 5.28. The molecular formula is C22H24FN3O. The van der Waals surface area contributed by atoms with Gasteiger partial charge in [-0.15, -0.1) is 0 Å². The highest BCUT2D eigenvalue weighted by atomic mass is 19.1. The Morgan fingerprint density at radius 3 is 2.74 bits per heavy atom. The third kappa shape index (κ3) is 3.88. The Morgan fingerprint density at radius 2 is 1.89 bits per heavy atom. The second-order valence-electron chi connectivity index (χ2n) is 7.12. The molecule has 27 heavy (non-hydrogen) atoms. The molecule has 0 radical (unpaired) electrons. The van der Waals surface area contributed by atoms with E-state index in [1.807, 2.05) is 24.4 Å². The topological polar surface area (TPSA) is 44.4 Å². The van der Waals surface area contributed by atoms with Crippen molar-refractivity contribution in [3.63, 3.8) is 0 Å². The number of halogens is 1. The van der Waals surface area contributed by atoms with E-state index in [1.54, 1.807) is 6.07 Å². The Bertz CT molecular complexity index is 842. The van der Waals surface area contributed by atoms with E-state index in [1.165, 1.54) is 12.1 Å². The van der Waals surface area contributed by atoms with Gasteiger partial charge in [-0.25, -0.2) is 4.39 Å². The number of nitrogens with one attached hydrogen (secondary N) is 2. The SMILES string of the molecule is O=C1Nc2cc(F)ccc2C1=CN(c1ccccc1)C1CCCCNCC1. The molecule has 2 heterocycles. The number of carbonyl (C=O) groups is 1. The number of para-hydroxylation sites is 1. The molecule has 2 aliphatic heterocycles. The van der Waals surface area contributed by atoms with Gasteiger partial charge in [-0.3, -0.25) is 4.79 Å². The fourth-order valence-electron chi connectivity index (χ4n) is 3.87. The van der Waals surface area contributed by atoms with E-state index in [2.05, 4.69) is 27.7 Å². The summed E-state index contributed by atoms with van der Waals surface area (Å²) in [6.07, 6.45) is 6.35. The standard InChI is InChI=1S/C22H24FN3O/c23-16-9-10-19-20(22(27)25-21(19)14-16)15-26(17-6-2-1-3-7-17)18-8-4-5-12-24-13-11-18/h1-3,6-7,9-10,14-15,18,24H,4-5,8,11-13H2,(H,25,27). The molecule has 2 aromatic carbocycles. The van der Waals surface area contributed by atoms with Crippen LogP contribution in [0.25, 0.3) is 5.57 Å². The molecule has 2 aliphatic rings. The predicted molar refractivity (Wildman–Crippen MR) is 107 cm³/mol. The van der Waals surface area contributed by atoms with Gasteiger partial charge in [0.25, 0.3) is 5.91 Å². The Morgan fingerprint density at radius 1 is 1.04 bits per heavy atom. The van der Waals surface area contributed by atoms with Gasteiger partial charge in [0.15, 0.2) is 0 Å². The zero-order valence-electron chi connectivity index (χ0n) is 15.2. The van der Waals surface area contributed by atoms with Gasteiger partial charge < -0.3 is 15.5 Å². The van der Waals surface area contributed by atoms with Crippen LogP contribution >= 0.6 is 0 Å². The molecule has 4 rings (SSSR count). The summed E-state index contributed by atoms with van der Waals surface area (Å²) in [5.74, 6) is -0.526. The van der Waals surface area contributed by atoms with Crippen LogP contribution in [0.1, 0.15) is 31.2 Å². The maximum Gasteiger partial charge on any atom is 0.257 e. The molecule has 1 atom stereocenters. The first-order valence-electron chi connectivity index (χ1n) is 9.59. The van der Waals surface area contributed by atoms with E-state index >= 15 is 0 Å². The van der Waals surface area contributed by atoms with Crippen molar-refractivity contribution in [1.29, 1.82) is 0 Å². The minimum atomic E-state index is -0.346. The van der Waals surface area contributed by atoms with Crippen LogP contribution in [0.3, 0.4) is 0 Å². The zero-order valence-corrected chi connectivity index (χ0v) is 15.2.